The van der Waals surface area contributed by atoms with Gasteiger partial charge in [-0.15, -0.1) is 23.1 Å². The van der Waals surface area contributed by atoms with E-state index in [1.165, 1.54) is 29.2 Å². The summed E-state index contributed by atoms with van der Waals surface area (Å²) in [5, 5.41) is 7.38. The van der Waals surface area contributed by atoms with Crippen LogP contribution in [-0.4, -0.2) is 34.6 Å². The van der Waals surface area contributed by atoms with Gasteiger partial charge in [-0.25, -0.2) is 4.98 Å². The third-order valence-electron chi connectivity index (χ3n) is 4.42. The van der Waals surface area contributed by atoms with E-state index in [-0.39, 0.29) is 24.2 Å². The van der Waals surface area contributed by atoms with Crippen molar-refractivity contribution >= 4 is 57.8 Å². The molecule has 176 valence electrons. The lowest BCUT2D eigenvalue weighted by Gasteiger charge is -2.11. The van der Waals surface area contributed by atoms with Crippen molar-refractivity contribution in [1.29, 1.82) is 0 Å². The second kappa shape index (κ2) is 12.7. The normalized spacial score (nSPS) is 11.7. The van der Waals surface area contributed by atoms with Crippen LogP contribution in [0.3, 0.4) is 0 Å². The summed E-state index contributed by atoms with van der Waals surface area (Å²) in [5.41, 5.74) is 2.14. The number of thiazole rings is 1. The van der Waals surface area contributed by atoms with E-state index in [4.69, 9.17) is 4.74 Å². The average Bonchev–Trinajstić information content (AvgIpc) is 3.25. The van der Waals surface area contributed by atoms with E-state index >= 15 is 0 Å². The van der Waals surface area contributed by atoms with E-state index in [0.717, 1.165) is 10.5 Å². The number of benzene rings is 2. The molecule has 1 atom stereocenters. The van der Waals surface area contributed by atoms with Gasteiger partial charge in [-0.1, -0.05) is 36.4 Å². The quantitative estimate of drug-likeness (QED) is 0.233. The number of aromatic nitrogens is 1. The predicted molar refractivity (Wildman–Crippen MR) is 137 cm³/mol. The second-order valence-corrected chi connectivity index (χ2v) is 9.41. The van der Waals surface area contributed by atoms with Crippen molar-refractivity contribution in [3.8, 4) is 0 Å². The third-order valence-corrected chi connectivity index (χ3v) is 6.32. The molecule has 0 aliphatic carbocycles. The minimum Gasteiger partial charge on any atom is -0.466 e. The topological polar surface area (TPSA) is 97.4 Å². The summed E-state index contributed by atoms with van der Waals surface area (Å²) < 4.78 is 4.91. The van der Waals surface area contributed by atoms with E-state index < -0.39 is 5.25 Å². The number of ether oxygens (including phenoxy) is 1. The molecule has 1 unspecified atom stereocenters. The van der Waals surface area contributed by atoms with Crippen LogP contribution >= 0.6 is 23.1 Å². The summed E-state index contributed by atoms with van der Waals surface area (Å²) in [6.07, 6.45) is 3.30. The minimum absolute atomic E-state index is 0.0730. The van der Waals surface area contributed by atoms with Crippen LogP contribution in [0.5, 0.6) is 0 Å². The Kier molecular flexibility index (Phi) is 9.42. The van der Waals surface area contributed by atoms with Crippen LogP contribution in [0.15, 0.2) is 70.9 Å². The molecule has 0 fully saturated rings. The number of hydrogen-bond acceptors (Lipinski definition) is 7. The summed E-state index contributed by atoms with van der Waals surface area (Å²) in [7, 11) is 0. The van der Waals surface area contributed by atoms with Gasteiger partial charge in [0.1, 0.15) is 0 Å². The first-order valence-corrected chi connectivity index (χ1v) is 12.4. The maximum Gasteiger partial charge on any atom is 0.311 e. The zero-order valence-electron chi connectivity index (χ0n) is 18.8. The molecule has 2 aromatic carbocycles. The lowest BCUT2D eigenvalue weighted by molar-refractivity contribution is -0.142. The maximum absolute atomic E-state index is 12.6. The van der Waals surface area contributed by atoms with E-state index in [1.807, 2.05) is 48.5 Å². The molecule has 2 amide bonds. The van der Waals surface area contributed by atoms with E-state index in [0.29, 0.717) is 23.1 Å². The number of nitrogens with one attached hydrogen (secondary N) is 2. The summed E-state index contributed by atoms with van der Waals surface area (Å²) in [5.74, 6) is -0.793. The van der Waals surface area contributed by atoms with Crippen LogP contribution in [-0.2, 0) is 25.5 Å². The minimum atomic E-state index is -0.402. The fourth-order valence-corrected chi connectivity index (χ4v) is 4.48. The summed E-state index contributed by atoms with van der Waals surface area (Å²) in [6.45, 7) is 3.86. The molecule has 0 aliphatic rings. The smallest absolute Gasteiger partial charge is 0.311 e. The molecular weight excluding hydrogens is 470 g/mol. The largest absolute Gasteiger partial charge is 0.466 e. The predicted octanol–water partition coefficient (Wildman–Crippen LogP) is 5.02. The second-order valence-electron chi connectivity index (χ2n) is 7.14. The lowest BCUT2D eigenvalue weighted by Crippen LogP contribution is -2.22. The van der Waals surface area contributed by atoms with Crippen LogP contribution in [0, 0.1) is 0 Å². The monoisotopic (exact) mass is 495 g/mol. The van der Waals surface area contributed by atoms with Gasteiger partial charge in [-0.3, -0.25) is 14.4 Å². The molecule has 9 heteroatoms. The number of amides is 2. The average molecular weight is 496 g/mol. The summed E-state index contributed by atoms with van der Waals surface area (Å²) in [4.78, 5) is 41.5. The van der Waals surface area contributed by atoms with Crippen molar-refractivity contribution < 1.29 is 19.1 Å². The number of rotatable bonds is 10. The molecule has 3 rings (SSSR count). The highest BCUT2D eigenvalue weighted by molar-refractivity contribution is 8.00. The van der Waals surface area contributed by atoms with Crippen molar-refractivity contribution in [2.24, 2.45) is 0 Å². The standard InChI is InChI=1S/C25H25N3O4S2/c1-3-32-23(30)15-20-16-33-25(27-20)28-24(31)17(2)34-21-11-7-10-19(14-21)26-22(29)13-12-18-8-5-4-6-9-18/h4-14,16-17H,3,15H2,1-2H3,(H,26,29)(H,27,28,31)/b13-12+. The Morgan fingerprint density at radius 3 is 2.68 bits per heavy atom. The summed E-state index contributed by atoms with van der Waals surface area (Å²) in [6, 6.07) is 16.9. The van der Waals surface area contributed by atoms with Crippen LogP contribution in [0.4, 0.5) is 10.8 Å². The molecule has 0 saturated carbocycles. The lowest BCUT2D eigenvalue weighted by atomic mass is 10.2. The van der Waals surface area contributed by atoms with Crippen LogP contribution in [0.2, 0.25) is 0 Å². The van der Waals surface area contributed by atoms with Gasteiger partial charge in [0.05, 0.1) is 24.0 Å². The molecular formula is C25H25N3O4S2. The Morgan fingerprint density at radius 1 is 1.12 bits per heavy atom. The molecule has 34 heavy (non-hydrogen) atoms. The first-order valence-electron chi connectivity index (χ1n) is 10.6. The van der Waals surface area contributed by atoms with Crippen molar-refractivity contribution in [1.82, 2.24) is 4.98 Å². The molecule has 0 aliphatic heterocycles. The molecule has 0 spiro atoms. The number of carbonyl (C=O) groups is 3. The first-order chi connectivity index (χ1) is 16.4. The molecule has 1 aromatic heterocycles. The zero-order valence-corrected chi connectivity index (χ0v) is 20.4. The van der Waals surface area contributed by atoms with Gasteiger partial charge >= 0.3 is 5.97 Å². The number of thioether (sulfide) groups is 1. The highest BCUT2D eigenvalue weighted by Gasteiger charge is 2.17. The Hall–Kier alpha value is -3.43. The third kappa shape index (κ3) is 8.17. The van der Waals surface area contributed by atoms with Crippen molar-refractivity contribution in [3.63, 3.8) is 0 Å². The van der Waals surface area contributed by atoms with Crippen LogP contribution in [0.1, 0.15) is 25.1 Å². The van der Waals surface area contributed by atoms with Gasteiger partial charge in [0.25, 0.3) is 0 Å². The fourth-order valence-electron chi connectivity index (χ4n) is 2.84. The molecule has 0 bridgehead atoms. The Bertz CT molecular complexity index is 1160. The number of esters is 1. The van der Waals surface area contributed by atoms with E-state index in [9.17, 15) is 14.4 Å². The zero-order chi connectivity index (χ0) is 24.3. The van der Waals surface area contributed by atoms with Gasteiger partial charge in [-0.2, -0.15) is 0 Å². The van der Waals surface area contributed by atoms with Crippen LogP contribution < -0.4 is 10.6 Å². The molecule has 0 radical (unpaired) electrons. The molecule has 7 nitrogen and oxygen atoms in total. The Balaban J connectivity index is 1.52. The fraction of sp³-hybridized carbons (Fsp3) is 0.200. The maximum atomic E-state index is 12.6. The molecule has 3 aromatic rings. The SMILES string of the molecule is CCOC(=O)Cc1csc(NC(=O)C(C)Sc2cccc(NC(=O)/C=C/c3ccccc3)c2)n1. The number of hydrogen-bond donors (Lipinski definition) is 2. The van der Waals surface area contributed by atoms with E-state index in [2.05, 4.69) is 15.6 Å². The Morgan fingerprint density at radius 2 is 1.91 bits per heavy atom. The van der Waals surface area contributed by atoms with Gasteiger partial charge in [0, 0.05) is 22.0 Å². The highest BCUT2D eigenvalue weighted by atomic mass is 32.2. The van der Waals surface area contributed by atoms with Gasteiger partial charge in [-0.05, 0) is 43.7 Å². The van der Waals surface area contributed by atoms with Gasteiger partial charge < -0.3 is 15.4 Å². The van der Waals surface area contributed by atoms with Gasteiger partial charge in [0.15, 0.2) is 5.13 Å². The van der Waals surface area contributed by atoms with E-state index in [1.54, 1.807) is 31.4 Å². The molecule has 0 saturated heterocycles. The summed E-state index contributed by atoms with van der Waals surface area (Å²) >= 11 is 2.63. The molecule has 2 N–H and O–H groups in total. The number of nitrogens with zero attached hydrogens (tertiary/aromatic N) is 1. The molecule has 1 heterocycles. The highest BCUT2D eigenvalue weighted by Crippen LogP contribution is 2.27. The Labute approximate surface area is 206 Å². The van der Waals surface area contributed by atoms with Crippen molar-refractivity contribution in [2.75, 3.05) is 17.2 Å². The number of anilines is 2. The van der Waals surface area contributed by atoms with Gasteiger partial charge in [0.2, 0.25) is 11.8 Å². The van der Waals surface area contributed by atoms with Crippen LogP contribution in [0.25, 0.3) is 6.08 Å². The number of carbonyl (C=O) groups excluding carboxylic acids is 3. The van der Waals surface area contributed by atoms with Crippen molar-refractivity contribution in [2.45, 2.75) is 30.4 Å². The van der Waals surface area contributed by atoms with Crippen molar-refractivity contribution in [3.05, 3.63) is 77.3 Å². The first kappa shape index (κ1) is 25.2.